The van der Waals surface area contributed by atoms with Crippen LogP contribution in [-0.2, 0) is 22.7 Å². The molecule has 1 N–H and O–H groups in total. The van der Waals surface area contributed by atoms with Crippen LogP contribution in [0.2, 0.25) is 0 Å². The highest BCUT2D eigenvalue weighted by atomic mass is 32.2. The first kappa shape index (κ1) is 26.4. The number of aryl methyl sites for hydroxylation is 2. The average molecular weight is 571 g/mol. The Balaban J connectivity index is 1.24. The molecular formula is C31H34N6O3S. The topological polar surface area (TPSA) is 110 Å². The maximum Gasteiger partial charge on any atom is 0.304 e. The van der Waals surface area contributed by atoms with E-state index in [2.05, 4.69) is 47.8 Å². The summed E-state index contributed by atoms with van der Waals surface area (Å²) in [6.07, 6.45) is 8.17. The molecule has 0 amide bonds. The van der Waals surface area contributed by atoms with Crippen molar-refractivity contribution in [1.29, 1.82) is 0 Å². The molecule has 4 aromatic rings. The predicted octanol–water partition coefficient (Wildman–Crippen LogP) is 4.73. The van der Waals surface area contributed by atoms with Crippen LogP contribution in [0.15, 0.2) is 53.7 Å². The second kappa shape index (κ2) is 10.4. The SMILES string of the molecule is Cc1ccc(C(CC(=O)O)c2ccn3c(C4CC4)nnc3c2C)cc1CN1CC2CCCN2c2ncccc2[S+]1[O-]. The van der Waals surface area contributed by atoms with Gasteiger partial charge in [0.1, 0.15) is 5.82 Å². The van der Waals surface area contributed by atoms with E-state index in [-0.39, 0.29) is 18.4 Å². The number of nitrogens with zero attached hydrogens (tertiary/aromatic N) is 6. The molecule has 9 nitrogen and oxygen atoms in total. The first-order valence-electron chi connectivity index (χ1n) is 14.4. The Bertz CT molecular complexity index is 1640. The van der Waals surface area contributed by atoms with E-state index in [1.165, 1.54) is 0 Å². The number of carboxylic acids is 1. The van der Waals surface area contributed by atoms with Gasteiger partial charge in [0.2, 0.25) is 4.90 Å². The maximum atomic E-state index is 13.9. The van der Waals surface area contributed by atoms with E-state index < -0.39 is 17.3 Å². The Kier molecular flexibility index (Phi) is 6.72. The summed E-state index contributed by atoms with van der Waals surface area (Å²) >= 11 is -1.35. The summed E-state index contributed by atoms with van der Waals surface area (Å²) < 4.78 is 18.0. The zero-order valence-corrected chi connectivity index (χ0v) is 24.2. The molecule has 1 aromatic carbocycles. The van der Waals surface area contributed by atoms with Crippen LogP contribution in [0.25, 0.3) is 5.65 Å². The molecule has 1 saturated carbocycles. The highest BCUT2D eigenvalue weighted by molar-refractivity contribution is 7.89. The Hall–Kier alpha value is -3.47. The van der Waals surface area contributed by atoms with E-state index in [1.807, 2.05) is 37.4 Å². The van der Waals surface area contributed by atoms with Gasteiger partial charge in [0.25, 0.3) is 0 Å². The number of carboxylic acid groups (broad SMARTS) is 1. The normalized spacial score (nSPS) is 21.5. The largest absolute Gasteiger partial charge is 0.593 e. The minimum absolute atomic E-state index is 0.0329. The number of hydrogen-bond donors (Lipinski definition) is 1. The van der Waals surface area contributed by atoms with Crippen LogP contribution < -0.4 is 4.90 Å². The molecule has 2 fully saturated rings. The summed E-state index contributed by atoms with van der Waals surface area (Å²) in [5, 5.41) is 18.9. The van der Waals surface area contributed by atoms with Gasteiger partial charge in [-0.3, -0.25) is 9.20 Å². The summed E-state index contributed by atoms with van der Waals surface area (Å²) in [5.41, 5.74) is 5.79. The van der Waals surface area contributed by atoms with Gasteiger partial charge in [0.05, 0.1) is 30.9 Å². The van der Waals surface area contributed by atoms with Gasteiger partial charge in [-0.15, -0.1) is 14.5 Å². The number of rotatable bonds is 7. The van der Waals surface area contributed by atoms with Crippen LogP contribution in [0.4, 0.5) is 5.82 Å². The quantitative estimate of drug-likeness (QED) is 0.318. The van der Waals surface area contributed by atoms with E-state index in [1.54, 1.807) is 6.20 Å². The first-order valence-corrected chi connectivity index (χ1v) is 15.5. The van der Waals surface area contributed by atoms with Gasteiger partial charge < -0.3 is 14.6 Å². The van der Waals surface area contributed by atoms with Gasteiger partial charge in [-0.05, 0) is 79.5 Å². The van der Waals surface area contributed by atoms with Crippen molar-refractivity contribution in [2.24, 2.45) is 0 Å². The predicted molar refractivity (Wildman–Crippen MR) is 156 cm³/mol. The molecule has 1 saturated heterocycles. The van der Waals surface area contributed by atoms with Gasteiger partial charge in [0.15, 0.2) is 11.5 Å². The summed E-state index contributed by atoms with van der Waals surface area (Å²) in [7, 11) is 0. The Morgan fingerprint density at radius 1 is 1.17 bits per heavy atom. The second-order valence-corrected chi connectivity index (χ2v) is 13.1. The fourth-order valence-electron chi connectivity index (χ4n) is 6.57. The van der Waals surface area contributed by atoms with E-state index in [9.17, 15) is 14.5 Å². The number of carbonyl (C=O) groups is 1. The molecule has 3 atom stereocenters. The van der Waals surface area contributed by atoms with Crippen molar-refractivity contribution in [1.82, 2.24) is 23.9 Å². The molecule has 1 aliphatic carbocycles. The number of hydrogen-bond acceptors (Lipinski definition) is 7. The molecule has 7 rings (SSSR count). The molecule has 212 valence electrons. The maximum absolute atomic E-state index is 13.9. The minimum atomic E-state index is -1.35. The Morgan fingerprint density at radius 2 is 2.02 bits per heavy atom. The van der Waals surface area contributed by atoms with Crippen molar-refractivity contribution >= 4 is 28.8 Å². The summed E-state index contributed by atoms with van der Waals surface area (Å²) in [4.78, 5) is 19.8. The minimum Gasteiger partial charge on any atom is -0.593 e. The summed E-state index contributed by atoms with van der Waals surface area (Å²) in [5.74, 6) is 1.10. The smallest absolute Gasteiger partial charge is 0.304 e. The Morgan fingerprint density at radius 3 is 2.83 bits per heavy atom. The van der Waals surface area contributed by atoms with Gasteiger partial charge in [-0.25, -0.2) is 4.98 Å². The molecule has 3 aliphatic rings. The number of aromatic nitrogens is 4. The van der Waals surface area contributed by atoms with Crippen molar-refractivity contribution in [3.05, 3.63) is 82.4 Å². The van der Waals surface area contributed by atoms with Crippen LogP contribution in [0.5, 0.6) is 0 Å². The third-order valence-corrected chi connectivity index (χ3v) is 10.4. The van der Waals surface area contributed by atoms with Crippen molar-refractivity contribution in [2.75, 3.05) is 18.0 Å². The monoisotopic (exact) mass is 570 g/mol. The van der Waals surface area contributed by atoms with Crippen LogP contribution in [-0.4, -0.2) is 58.6 Å². The molecule has 5 heterocycles. The summed E-state index contributed by atoms with van der Waals surface area (Å²) in [6.45, 7) is 6.22. The zero-order valence-electron chi connectivity index (χ0n) is 23.4. The number of benzene rings is 1. The van der Waals surface area contributed by atoms with Crippen molar-refractivity contribution in [3.8, 4) is 0 Å². The molecular weight excluding hydrogens is 536 g/mol. The van der Waals surface area contributed by atoms with E-state index >= 15 is 0 Å². The zero-order chi connectivity index (χ0) is 28.2. The molecule has 2 aliphatic heterocycles. The fourth-order valence-corrected chi connectivity index (χ4v) is 7.93. The van der Waals surface area contributed by atoms with Crippen LogP contribution >= 0.6 is 0 Å². The van der Waals surface area contributed by atoms with E-state index in [0.29, 0.717) is 19.0 Å². The molecule has 3 unspecified atom stereocenters. The second-order valence-electron chi connectivity index (χ2n) is 11.6. The van der Waals surface area contributed by atoms with Crippen molar-refractivity contribution in [2.45, 2.75) is 75.3 Å². The Labute approximate surface area is 242 Å². The van der Waals surface area contributed by atoms with Gasteiger partial charge in [0, 0.05) is 42.9 Å². The lowest BCUT2D eigenvalue weighted by Gasteiger charge is -2.26. The third kappa shape index (κ3) is 4.77. The highest BCUT2D eigenvalue weighted by Gasteiger charge is 2.40. The number of fused-ring (bicyclic) bond motifs is 4. The van der Waals surface area contributed by atoms with Gasteiger partial charge in [-0.2, -0.15) is 0 Å². The molecule has 0 radical (unpaired) electrons. The van der Waals surface area contributed by atoms with E-state index in [0.717, 1.165) is 82.2 Å². The molecule has 3 aromatic heterocycles. The molecule has 0 bridgehead atoms. The lowest BCUT2D eigenvalue weighted by molar-refractivity contribution is -0.137. The fraction of sp³-hybridized carbons (Fsp3) is 0.419. The van der Waals surface area contributed by atoms with Crippen LogP contribution in [0.1, 0.15) is 77.6 Å². The van der Waals surface area contributed by atoms with E-state index in [4.69, 9.17) is 0 Å². The van der Waals surface area contributed by atoms with Crippen LogP contribution in [0.3, 0.4) is 0 Å². The van der Waals surface area contributed by atoms with Crippen molar-refractivity contribution < 1.29 is 14.5 Å². The van der Waals surface area contributed by atoms with Gasteiger partial charge >= 0.3 is 5.97 Å². The number of anilines is 1. The number of pyridine rings is 2. The number of aliphatic carboxylic acids is 1. The lowest BCUT2D eigenvalue weighted by atomic mass is 9.85. The first-order chi connectivity index (χ1) is 19.9. The highest BCUT2D eigenvalue weighted by Crippen LogP contribution is 2.41. The van der Waals surface area contributed by atoms with Crippen LogP contribution in [0, 0.1) is 13.8 Å². The lowest BCUT2D eigenvalue weighted by Crippen LogP contribution is -2.39. The third-order valence-electron chi connectivity index (χ3n) is 8.95. The molecule has 41 heavy (non-hydrogen) atoms. The standard InChI is InChI=1S/C31H34N6O3S/c1-19-7-8-22(26(16-28(38)39)25-11-14-37-29(20(25)2)33-34-30(37)21-9-10-21)15-23(19)17-35-18-24-5-4-13-36(24)31-27(41(35)40)6-3-12-32-31/h3,6-8,11-12,14-15,21,24,26H,4-5,9-10,13,16-18H2,1-2H3,(H,38,39). The summed E-state index contributed by atoms with van der Waals surface area (Å²) in [6, 6.07) is 12.3. The molecule has 10 heteroatoms. The average Bonchev–Trinajstić information content (AvgIpc) is 3.57. The van der Waals surface area contributed by atoms with Crippen molar-refractivity contribution in [3.63, 3.8) is 0 Å². The molecule has 0 spiro atoms. The van der Waals surface area contributed by atoms with Gasteiger partial charge in [-0.1, -0.05) is 18.2 Å².